The van der Waals surface area contributed by atoms with Gasteiger partial charge in [-0.15, -0.1) is 0 Å². The van der Waals surface area contributed by atoms with E-state index < -0.39 is 10.1 Å². The maximum absolute atomic E-state index is 9.19. The summed E-state index contributed by atoms with van der Waals surface area (Å²) in [4.78, 5) is 6.66. The average Bonchev–Trinajstić information content (AvgIpc) is 2.46. The second-order valence-electron chi connectivity index (χ2n) is 3.30. The third kappa shape index (κ3) is 5.64. The quantitative estimate of drug-likeness (QED) is 0.486. The van der Waals surface area contributed by atoms with Crippen LogP contribution in [0.15, 0.2) is 4.99 Å². The highest BCUT2D eigenvalue weighted by Gasteiger charge is 2.27. The Morgan fingerprint density at radius 2 is 2.13 bits per heavy atom. The molecule has 0 atom stereocenters. The van der Waals surface area contributed by atoms with E-state index in [-0.39, 0.29) is 0 Å². The number of aliphatic imine (C=N–C) groups is 1. The van der Waals surface area contributed by atoms with Crippen molar-refractivity contribution in [3.05, 3.63) is 0 Å². The summed E-state index contributed by atoms with van der Waals surface area (Å²) in [6.07, 6.45) is 0.715. The number of rotatable bonds is 0. The van der Waals surface area contributed by atoms with Crippen LogP contribution < -0.4 is 0 Å². The van der Waals surface area contributed by atoms with Crippen LogP contribution in [0.25, 0.3) is 0 Å². The van der Waals surface area contributed by atoms with Gasteiger partial charge in [-0.3, -0.25) is 9.55 Å². The zero-order chi connectivity index (χ0) is 11.5. The molecule has 0 spiro atoms. The standard InChI is InChI=1S/C6H10N2S2.CH4O3S/c9-5-3-8(4-5)6-7-1-2-10-6;1-5(2,3)4/h5,9H,1-4H2;1H3,(H,2,3,4). The summed E-state index contributed by atoms with van der Waals surface area (Å²) in [5.41, 5.74) is 0. The number of amidine groups is 1. The van der Waals surface area contributed by atoms with Crippen molar-refractivity contribution in [1.82, 2.24) is 4.90 Å². The average molecular weight is 270 g/mol. The highest BCUT2D eigenvalue weighted by Crippen LogP contribution is 2.22. The van der Waals surface area contributed by atoms with Crippen molar-refractivity contribution in [2.45, 2.75) is 5.25 Å². The number of hydrogen-bond donors (Lipinski definition) is 2. The first-order valence-electron chi connectivity index (χ1n) is 4.39. The Bertz CT molecular complexity index is 327. The maximum Gasteiger partial charge on any atom is 0.261 e. The van der Waals surface area contributed by atoms with Gasteiger partial charge in [0.25, 0.3) is 10.1 Å². The van der Waals surface area contributed by atoms with E-state index in [1.165, 1.54) is 10.9 Å². The lowest BCUT2D eigenvalue weighted by Gasteiger charge is -2.37. The van der Waals surface area contributed by atoms with Crippen molar-refractivity contribution in [3.63, 3.8) is 0 Å². The first-order chi connectivity index (χ1) is 6.86. The van der Waals surface area contributed by atoms with Crippen LogP contribution in [0.5, 0.6) is 0 Å². The number of hydrogen-bond acceptors (Lipinski definition) is 6. The maximum atomic E-state index is 9.19. The molecule has 1 N–H and O–H groups in total. The normalized spacial score (nSPS) is 21.5. The van der Waals surface area contributed by atoms with Gasteiger partial charge in [0.1, 0.15) is 0 Å². The van der Waals surface area contributed by atoms with Crippen molar-refractivity contribution in [1.29, 1.82) is 0 Å². The van der Waals surface area contributed by atoms with Gasteiger partial charge in [0.15, 0.2) is 5.17 Å². The molecule has 0 aliphatic carbocycles. The summed E-state index contributed by atoms with van der Waals surface area (Å²) in [6.45, 7) is 3.19. The van der Waals surface area contributed by atoms with Crippen LogP contribution in [0.3, 0.4) is 0 Å². The summed E-state index contributed by atoms with van der Waals surface area (Å²) in [6, 6.07) is 0. The van der Waals surface area contributed by atoms with Gasteiger partial charge in [-0.1, -0.05) is 11.8 Å². The lowest BCUT2D eigenvalue weighted by molar-refractivity contribution is 0.319. The van der Waals surface area contributed by atoms with Crippen LogP contribution in [0.1, 0.15) is 0 Å². The highest BCUT2D eigenvalue weighted by atomic mass is 32.2. The molecule has 0 unspecified atom stereocenters. The van der Waals surface area contributed by atoms with Gasteiger partial charge >= 0.3 is 0 Å². The van der Waals surface area contributed by atoms with E-state index in [4.69, 9.17) is 4.55 Å². The molecule has 0 amide bonds. The van der Waals surface area contributed by atoms with Crippen LogP contribution in [0, 0.1) is 0 Å². The number of thiol groups is 1. The SMILES string of the molecule is CS(=O)(=O)O.SC1CN(C2=NCCS2)C1. The summed E-state index contributed by atoms with van der Waals surface area (Å²) in [5.74, 6) is 1.17. The fourth-order valence-electron chi connectivity index (χ4n) is 1.13. The topological polar surface area (TPSA) is 70.0 Å². The molecule has 2 aliphatic heterocycles. The summed E-state index contributed by atoms with van der Waals surface area (Å²) < 4.78 is 25.9. The Balaban J connectivity index is 0.000000195. The van der Waals surface area contributed by atoms with Crippen molar-refractivity contribution in [2.75, 3.05) is 31.6 Å². The second-order valence-corrected chi connectivity index (χ2v) is 6.56. The fraction of sp³-hybridized carbons (Fsp3) is 0.857. The second kappa shape index (κ2) is 5.42. The molecule has 1 saturated heterocycles. The Hall–Kier alpha value is 0.0800. The molecule has 2 aliphatic rings. The van der Waals surface area contributed by atoms with Gasteiger partial charge < -0.3 is 4.90 Å². The van der Waals surface area contributed by atoms with Crippen molar-refractivity contribution >= 4 is 39.7 Å². The third-order valence-electron chi connectivity index (χ3n) is 1.70. The van der Waals surface area contributed by atoms with Gasteiger partial charge in [-0.2, -0.15) is 21.0 Å². The largest absolute Gasteiger partial charge is 0.349 e. The molecule has 1 fully saturated rings. The van der Waals surface area contributed by atoms with Gasteiger partial charge in [0.2, 0.25) is 0 Å². The minimum absolute atomic E-state index is 0.587. The van der Waals surface area contributed by atoms with E-state index in [0.29, 0.717) is 11.5 Å². The molecule has 88 valence electrons. The van der Waals surface area contributed by atoms with E-state index in [1.807, 2.05) is 11.8 Å². The Labute approximate surface area is 99.5 Å². The van der Waals surface area contributed by atoms with Gasteiger partial charge in [-0.25, -0.2) is 0 Å². The Morgan fingerprint density at radius 3 is 2.47 bits per heavy atom. The van der Waals surface area contributed by atoms with Crippen LogP contribution in [0.4, 0.5) is 0 Å². The van der Waals surface area contributed by atoms with Crippen LogP contribution in [0.2, 0.25) is 0 Å². The summed E-state index contributed by atoms with van der Waals surface area (Å²) in [7, 11) is -3.67. The molecule has 0 aromatic carbocycles. The van der Waals surface area contributed by atoms with E-state index >= 15 is 0 Å². The lowest BCUT2D eigenvalue weighted by atomic mass is 10.2. The number of thioether (sulfide) groups is 1. The van der Waals surface area contributed by atoms with Crippen LogP contribution >= 0.6 is 24.4 Å². The summed E-state index contributed by atoms with van der Waals surface area (Å²) >= 11 is 6.20. The molecule has 15 heavy (non-hydrogen) atoms. The Morgan fingerprint density at radius 1 is 1.60 bits per heavy atom. The zero-order valence-electron chi connectivity index (χ0n) is 8.33. The van der Waals surface area contributed by atoms with E-state index in [1.54, 1.807) is 0 Å². The molecule has 2 heterocycles. The lowest BCUT2D eigenvalue weighted by Crippen LogP contribution is -2.49. The molecular formula is C7H14N2O3S3. The predicted octanol–water partition coefficient (Wildman–Crippen LogP) is 0.207. The van der Waals surface area contributed by atoms with Gasteiger partial charge in [-0.05, 0) is 0 Å². The highest BCUT2D eigenvalue weighted by molar-refractivity contribution is 8.14. The molecule has 2 rings (SSSR count). The summed E-state index contributed by atoms with van der Waals surface area (Å²) in [5, 5.41) is 1.83. The molecular weight excluding hydrogens is 256 g/mol. The third-order valence-corrected chi connectivity index (χ3v) is 3.06. The predicted molar refractivity (Wildman–Crippen MR) is 66.6 cm³/mol. The van der Waals surface area contributed by atoms with Crippen molar-refractivity contribution in [3.8, 4) is 0 Å². The molecule has 5 nitrogen and oxygen atoms in total. The smallest absolute Gasteiger partial charge is 0.261 e. The van der Waals surface area contributed by atoms with Crippen LogP contribution in [-0.4, -0.2) is 59.9 Å². The van der Waals surface area contributed by atoms with E-state index in [9.17, 15) is 8.42 Å². The Kier molecular flexibility index (Phi) is 4.75. The number of nitrogens with zero attached hydrogens (tertiary/aromatic N) is 2. The van der Waals surface area contributed by atoms with Gasteiger partial charge in [0.05, 0.1) is 12.8 Å². The van der Waals surface area contributed by atoms with Crippen molar-refractivity contribution in [2.24, 2.45) is 4.99 Å². The molecule has 0 radical (unpaired) electrons. The minimum Gasteiger partial charge on any atom is -0.349 e. The first kappa shape index (κ1) is 13.1. The molecule has 0 bridgehead atoms. The number of likely N-dealkylation sites (tertiary alicyclic amines) is 1. The molecule has 8 heteroatoms. The fourth-order valence-corrected chi connectivity index (χ4v) is 2.40. The zero-order valence-corrected chi connectivity index (χ0v) is 10.9. The monoisotopic (exact) mass is 270 g/mol. The molecule has 0 aromatic heterocycles. The molecule has 0 saturated carbocycles. The minimum atomic E-state index is -3.67. The molecule has 0 aromatic rings. The van der Waals surface area contributed by atoms with E-state index in [2.05, 4.69) is 22.5 Å². The van der Waals surface area contributed by atoms with Crippen molar-refractivity contribution < 1.29 is 13.0 Å². The van der Waals surface area contributed by atoms with Gasteiger partial charge in [0, 0.05) is 24.1 Å². The van der Waals surface area contributed by atoms with E-state index in [0.717, 1.165) is 19.6 Å². The first-order valence-corrected chi connectivity index (χ1v) is 7.74. The van der Waals surface area contributed by atoms with Crippen LogP contribution in [-0.2, 0) is 10.1 Å².